The van der Waals surface area contributed by atoms with Crippen molar-refractivity contribution in [1.82, 2.24) is 10.2 Å². The lowest BCUT2D eigenvalue weighted by Crippen LogP contribution is -2.47. The molecular formula is C9H19N3O. The third-order valence-electron chi connectivity index (χ3n) is 2.68. The molecule has 0 bridgehead atoms. The van der Waals surface area contributed by atoms with Crippen LogP contribution in [-0.4, -0.2) is 43.0 Å². The van der Waals surface area contributed by atoms with E-state index in [0.717, 1.165) is 12.8 Å². The van der Waals surface area contributed by atoms with Gasteiger partial charge < -0.3 is 16.0 Å². The third-order valence-corrected chi connectivity index (χ3v) is 2.68. The van der Waals surface area contributed by atoms with E-state index in [2.05, 4.69) is 17.1 Å². The predicted octanol–water partition coefficient (Wildman–Crippen LogP) is -0.456. The maximum Gasteiger partial charge on any atom is 0.240 e. The molecule has 1 fully saturated rings. The van der Waals surface area contributed by atoms with Gasteiger partial charge in [-0.2, -0.15) is 0 Å². The van der Waals surface area contributed by atoms with Crippen LogP contribution in [0.25, 0.3) is 0 Å². The fourth-order valence-electron chi connectivity index (χ4n) is 0.961. The highest BCUT2D eigenvalue weighted by Crippen LogP contribution is 2.31. The summed E-state index contributed by atoms with van der Waals surface area (Å²) < 4.78 is 0. The van der Waals surface area contributed by atoms with Crippen LogP contribution in [0, 0.1) is 0 Å². The molecule has 1 unspecified atom stereocenters. The van der Waals surface area contributed by atoms with Gasteiger partial charge in [-0.15, -0.1) is 0 Å². The number of nitrogens with zero attached hydrogens (tertiary/aromatic N) is 1. The van der Waals surface area contributed by atoms with Gasteiger partial charge in [-0.1, -0.05) is 0 Å². The van der Waals surface area contributed by atoms with Crippen LogP contribution >= 0.6 is 0 Å². The molecule has 1 rings (SSSR count). The van der Waals surface area contributed by atoms with E-state index < -0.39 is 5.54 Å². The lowest BCUT2D eigenvalue weighted by atomic mass is 10.2. The van der Waals surface area contributed by atoms with Gasteiger partial charge in [0.05, 0.1) is 5.54 Å². The van der Waals surface area contributed by atoms with Crippen LogP contribution < -0.4 is 11.1 Å². The van der Waals surface area contributed by atoms with Gasteiger partial charge in [0, 0.05) is 12.6 Å². The van der Waals surface area contributed by atoms with E-state index in [1.807, 2.05) is 14.1 Å². The minimum atomic E-state index is -0.536. The summed E-state index contributed by atoms with van der Waals surface area (Å²) in [6.45, 7) is 2.74. The molecule has 4 nitrogen and oxygen atoms in total. The van der Waals surface area contributed by atoms with Gasteiger partial charge in [-0.25, -0.2) is 0 Å². The molecule has 0 aromatic carbocycles. The third kappa shape index (κ3) is 2.67. The normalized spacial score (nSPS) is 21.3. The molecule has 1 aliphatic carbocycles. The fourth-order valence-corrected chi connectivity index (χ4v) is 0.961. The predicted molar refractivity (Wildman–Crippen MR) is 52.3 cm³/mol. The van der Waals surface area contributed by atoms with E-state index in [0.29, 0.717) is 12.6 Å². The van der Waals surface area contributed by atoms with E-state index in [1.165, 1.54) is 0 Å². The lowest BCUT2D eigenvalue weighted by molar-refractivity contribution is -0.123. The second-order valence-electron chi connectivity index (χ2n) is 4.18. The van der Waals surface area contributed by atoms with Crippen molar-refractivity contribution in [3.63, 3.8) is 0 Å². The molecule has 76 valence electrons. The van der Waals surface area contributed by atoms with E-state index in [9.17, 15) is 4.79 Å². The number of hydrogen-bond acceptors (Lipinski definition) is 3. The second-order valence-corrected chi connectivity index (χ2v) is 4.18. The number of nitrogens with two attached hydrogens (primary N) is 1. The van der Waals surface area contributed by atoms with Gasteiger partial charge >= 0.3 is 0 Å². The van der Waals surface area contributed by atoms with E-state index in [-0.39, 0.29) is 5.91 Å². The van der Waals surface area contributed by atoms with Crippen LogP contribution in [-0.2, 0) is 4.79 Å². The van der Waals surface area contributed by atoms with Crippen molar-refractivity contribution in [2.75, 3.05) is 20.6 Å². The van der Waals surface area contributed by atoms with Crippen LogP contribution in [0.5, 0.6) is 0 Å². The number of hydrogen-bond donors (Lipinski definition) is 2. The van der Waals surface area contributed by atoms with Crippen molar-refractivity contribution in [2.45, 2.75) is 31.3 Å². The average molecular weight is 185 g/mol. The zero-order chi connectivity index (χ0) is 10.1. The number of nitrogens with one attached hydrogen (secondary N) is 1. The molecule has 0 aromatic heterocycles. The van der Waals surface area contributed by atoms with Crippen molar-refractivity contribution < 1.29 is 4.79 Å². The Labute approximate surface area is 79.5 Å². The Bertz CT molecular complexity index is 199. The van der Waals surface area contributed by atoms with Crippen molar-refractivity contribution in [3.8, 4) is 0 Å². The number of carbonyl (C=O) groups excluding carboxylic acids is 1. The molecule has 3 N–H and O–H groups in total. The Balaban J connectivity index is 2.22. The lowest BCUT2D eigenvalue weighted by Gasteiger charge is -2.21. The monoisotopic (exact) mass is 185 g/mol. The Morgan fingerprint density at radius 1 is 1.62 bits per heavy atom. The molecule has 4 heteroatoms. The highest BCUT2D eigenvalue weighted by molar-refractivity contribution is 5.88. The van der Waals surface area contributed by atoms with Crippen molar-refractivity contribution in [3.05, 3.63) is 0 Å². The smallest absolute Gasteiger partial charge is 0.240 e. The van der Waals surface area contributed by atoms with Gasteiger partial charge in [-0.3, -0.25) is 4.79 Å². The second kappa shape index (κ2) is 3.64. The van der Waals surface area contributed by atoms with Gasteiger partial charge in [0.25, 0.3) is 0 Å². The summed E-state index contributed by atoms with van der Waals surface area (Å²) in [7, 11) is 3.98. The number of amides is 1. The molecule has 0 spiro atoms. The van der Waals surface area contributed by atoms with Gasteiger partial charge in [0.2, 0.25) is 5.91 Å². The summed E-state index contributed by atoms with van der Waals surface area (Å²) in [6.07, 6.45) is 1.66. The zero-order valence-electron chi connectivity index (χ0n) is 8.63. The SMILES string of the molecule is CC(CNC(=O)C1(N)CC1)N(C)C. The van der Waals surface area contributed by atoms with Crippen LogP contribution in [0.4, 0.5) is 0 Å². The standard InChI is InChI=1S/C9H19N3O/c1-7(12(2)3)6-11-8(13)9(10)4-5-9/h7H,4-6,10H2,1-3H3,(H,11,13). The summed E-state index contributed by atoms with van der Waals surface area (Å²) in [5.41, 5.74) is 5.19. The van der Waals surface area contributed by atoms with Gasteiger partial charge in [-0.05, 0) is 33.9 Å². The van der Waals surface area contributed by atoms with Crippen molar-refractivity contribution in [1.29, 1.82) is 0 Å². The Hall–Kier alpha value is -0.610. The first-order valence-corrected chi connectivity index (χ1v) is 4.69. The first-order chi connectivity index (χ1) is 5.96. The van der Waals surface area contributed by atoms with E-state index in [4.69, 9.17) is 5.73 Å². The molecule has 1 aliphatic rings. The minimum Gasteiger partial charge on any atom is -0.353 e. The molecule has 0 aromatic rings. The topological polar surface area (TPSA) is 58.4 Å². The van der Waals surface area contributed by atoms with Crippen LogP contribution in [0.2, 0.25) is 0 Å². The van der Waals surface area contributed by atoms with Crippen LogP contribution in [0.15, 0.2) is 0 Å². The molecular weight excluding hydrogens is 166 g/mol. The molecule has 1 saturated carbocycles. The van der Waals surface area contributed by atoms with Crippen LogP contribution in [0.1, 0.15) is 19.8 Å². The van der Waals surface area contributed by atoms with E-state index in [1.54, 1.807) is 0 Å². The van der Waals surface area contributed by atoms with Gasteiger partial charge in [0.15, 0.2) is 0 Å². The quantitative estimate of drug-likeness (QED) is 0.623. The fraction of sp³-hybridized carbons (Fsp3) is 0.889. The highest BCUT2D eigenvalue weighted by Gasteiger charge is 2.45. The molecule has 0 heterocycles. The molecule has 0 saturated heterocycles. The molecule has 13 heavy (non-hydrogen) atoms. The van der Waals surface area contributed by atoms with Crippen molar-refractivity contribution >= 4 is 5.91 Å². The number of rotatable bonds is 4. The average Bonchev–Trinajstić information content (AvgIpc) is 2.79. The molecule has 0 aliphatic heterocycles. The Morgan fingerprint density at radius 3 is 2.54 bits per heavy atom. The summed E-state index contributed by atoms with van der Waals surface area (Å²) >= 11 is 0. The summed E-state index contributed by atoms with van der Waals surface area (Å²) in [5.74, 6) is 0.00111. The Kier molecular flexibility index (Phi) is 2.93. The highest BCUT2D eigenvalue weighted by atomic mass is 16.2. The minimum absolute atomic E-state index is 0.00111. The number of likely N-dealkylation sites (N-methyl/N-ethyl adjacent to an activating group) is 1. The van der Waals surface area contributed by atoms with E-state index >= 15 is 0 Å². The first kappa shape index (κ1) is 10.5. The van der Waals surface area contributed by atoms with Gasteiger partial charge in [0.1, 0.15) is 0 Å². The number of carbonyl (C=O) groups is 1. The first-order valence-electron chi connectivity index (χ1n) is 4.69. The van der Waals surface area contributed by atoms with Crippen LogP contribution in [0.3, 0.4) is 0 Å². The molecule has 1 amide bonds. The van der Waals surface area contributed by atoms with Crippen molar-refractivity contribution in [2.24, 2.45) is 5.73 Å². The summed E-state index contributed by atoms with van der Waals surface area (Å²) in [4.78, 5) is 13.5. The molecule has 0 radical (unpaired) electrons. The maximum absolute atomic E-state index is 11.4. The zero-order valence-corrected chi connectivity index (χ0v) is 8.63. The summed E-state index contributed by atoms with van der Waals surface area (Å²) in [5, 5.41) is 2.86. The largest absolute Gasteiger partial charge is 0.353 e. The maximum atomic E-state index is 11.4. The summed E-state index contributed by atoms with van der Waals surface area (Å²) in [6, 6.07) is 0.353. The Morgan fingerprint density at radius 2 is 2.15 bits per heavy atom. The molecule has 1 atom stereocenters.